The van der Waals surface area contributed by atoms with Gasteiger partial charge in [-0.15, -0.1) is 0 Å². The van der Waals surface area contributed by atoms with Crippen molar-refractivity contribution in [2.24, 2.45) is 11.7 Å². The van der Waals surface area contributed by atoms with Gasteiger partial charge in [0, 0.05) is 12.2 Å². The van der Waals surface area contributed by atoms with Crippen LogP contribution in [0.4, 0.5) is 0 Å². The maximum Gasteiger partial charge on any atom is 0.326 e. The van der Waals surface area contributed by atoms with Gasteiger partial charge in [0.05, 0.1) is 5.75 Å². The van der Waals surface area contributed by atoms with Crippen LogP contribution in [-0.4, -0.2) is 40.4 Å². The zero-order chi connectivity index (χ0) is 13.4. The Morgan fingerprint density at radius 3 is 2.35 bits per heavy atom. The maximum atomic E-state index is 11.4. The van der Waals surface area contributed by atoms with Gasteiger partial charge in [-0.3, -0.25) is 9.59 Å². The molecule has 0 aromatic heterocycles. The molecule has 1 unspecified atom stereocenters. The first kappa shape index (κ1) is 15.8. The van der Waals surface area contributed by atoms with Crippen molar-refractivity contribution in [3.8, 4) is 0 Å². The van der Waals surface area contributed by atoms with E-state index in [0.717, 1.165) is 0 Å². The monoisotopic (exact) mass is 262 g/mol. The van der Waals surface area contributed by atoms with Crippen molar-refractivity contribution < 1.29 is 19.5 Å². The molecule has 2 amide bonds. The molecule has 17 heavy (non-hydrogen) atoms. The average Bonchev–Trinajstić information content (AvgIpc) is 2.19. The highest BCUT2D eigenvalue weighted by Crippen LogP contribution is 2.04. The molecule has 0 aromatic carbocycles. The second kappa shape index (κ2) is 7.94. The summed E-state index contributed by atoms with van der Waals surface area (Å²) in [5, 5.41) is 11.3. The normalized spacial score (nSPS) is 12.2. The van der Waals surface area contributed by atoms with Crippen LogP contribution in [0.1, 0.15) is 20.3 Å². The lowest BCUT2D eigenvalue weighted by atomic mass is 10.0. The molecular weight excluding hydrogens is 244 g/mol. The second-order valence-electron chi connectivity index (χ2n) is 3.90. The van der Waals surface area contributed by atoms with E-state index in [-0.39, 0.29) is 24.0 Å². The minimum absolute atomic E-state index is 0.166. The van der Waals surface area contributed by atoms with Gasteiger partial charge >= 0.3 is 5.97 Å². The predicted molar refractivity (Wildman–Crippen MR) is 65.5 cm³/mol. The molecule has 1 atom stereocenters. The molecule has 0 aromatic rings. The Hall–Kier alpha value is -1.24. The van der Waals surface area contributed by atoms with Gasteiger partial charge in [-0.2, -0.15) is 11.8 Å². The first-order chi connectivity index (χ1) is 7.84. The summed E-state index contributed by atoms with van der Waals surface area (Å²) in [6, 6.07) is -0.872. The number of nitrogens with two attached hydrogens (primary N) is 1. The highest BCUT2D eigenvalue weighted by Gasteiger charge is 2.22. The number of carboxylic acid groups (broad SMARTS) is 1. The number of hydrogen-bond donors (Lipinski definition) is 3. The average molecular weight is 262 g/mol. The van der Waals surface area contributed by atoms with Gasteiger partial charge in [0.2, 0.25) is 11.8 Å². The summed E-state index contributed by atoms with van der Waals surface area (Å²) >= 11 is 1.25. The fourth-order valence-corrected chi connectivity index (χ4v) is 1.77. The largest absolute Gasteiger partial charge is 0.480 e. The SMILES string of the molecule is CC(C)C(NC(=O)CCSCC(N)=O)C(=O)O. The van der Waals surface area contributed by atoms with Gasteiger partial charge in [0.1, 0.15) is 6.04 Å². The van der Waals surface area contributed by atoms with Crippen LogP contribution in [0, 0.1) is 5.92 Å². The molecule has 7 heteroatoms. The highest BCUT2D eigenvalue weighted by atomic mass is 32.2. The lowest BCUT2D eigenvalue weighted by molar-refractivity contribution is -0.143. The summed E-state index contributed by atoms with van der Waals surface area (Å²) in [6.07, 6.45) is 0.175. The van der Waals surface area contributed by atoms with Crippen molar-refractivity contribution in [3.63, 3.8) is 0 Å². The first-order valence-corrected chi connectivity index (χ1v) is 6.38. The summed E-state index contributed by atoms with van der Waals surface area (Å²) in [7, 11) is 0. The van der Waals surface area contributed by atoms with E-state index in [1.807, 2.05) is 0 Å². The van der Waals surface area contributed by atoms with Crippen molar-refractivity contribution in [3.05, 3.63) is 0 Å². The molecule has 0 aliphatic heterocycles. The van der Waals surface area contributed by atoms with E-state index < -0.39 is 17.9 Å². The van der Waals surface area contributed by atoms with E-state index in [4.69, 9.17) is 10.8 Å². The van der Waals surface area contributed by atoms with Crippen LogP contribution < -0.4 is 11.1 Å². The minimum atomic E-state index is -1.04. The molecule has 4 N–H and O–H groups in total. The molecular formula is C10H18N2O4S. The number of nitrogens with one attached hydrogen (secondary N) is 1. The summed E-state index contributed by atoms with van der Waals surface area (Å²) in [6.45, 7) is 3.45. The Bertz CT molecular complexity index is 294. The van der Waals surface area contributed by atoms with Crippen molar-refractivity contribution in [2.75, 3.05) is 11.5 Å². The molecule has 0 saturated heterocycles. The van der Waals surface area contributed by atoms with Crippen LogP contribution in [0.2, 0.25) is 0 Å². The van der Waals surface area contributed by atoms with Gasteiger partial charge in [0.25, 0.3) is 0 Å². The van der Waals surface area contributed by atoms with Crippen LogP contribution >= 0.6 is 11.8 Å². The van der Waals surface area contributed by atoms with Crippen LogP contribution in [0.25, 0.3) is 0 Å². The van der Waals surface area contributed by atoms with E-state index >= 15 is 0 Å². The quantitative estimate of drug-likeness (QED) is 0.526. The number of rotatable bonds is 8. The van der Waals surface area contributed by atoms with Gasteiger partial charge in [-0.1, -0.05) is 13.8 Å². The molecule has 6 nitrogen and oxygen atoms in total. The summed E-state index contributed by atoms with van der Waals surface area (Å²) < 4.78 is 0. The number of thioether (sulfide) groups is 1. The molecule has 0 bridgehead atoms. The molecule has 98 valence electrons. The number of carbonyl (C=O) groups excluding carboxylic acids is 2. The molecule has 0 rings (SSSR count). The van der Waals surface area contributed by atoms with E-state index in [1.165, 1.54) is 11.8 Å². The summed E-state index contributed by atoms with van der Waals surface area (Å²) in [4.78, 5) is 32.6. The first-order valence-electron chi connectivity index (χ1n) is 5.22. The van der Waals surface area contributed by atoms with Gasteiger partial charge < -0.3 is 16.2 Å². The highest BCUT2D eigenvalue weighted by molar-refractivity contribution is 7.99. The number of hydrogen-bond acceptors (Lipinski definition) is 4. The number of carboxylic acids is 1. The van der Waals surface area contributed by atoms with Crippen molar-refractivity contribution in [1.29, 1.82) is 0 Å². The third kappa shape index (κ3) is 7.62. The molecule has 0 fully saturated rings. The molecule has 0 aliphatic carbocycles. The van der Waals surface area contributed by atoms with Crippen LogP contribution in [0.15, 0.2) is 0 Å². The fraction of sp³-hybridized carbons (Fsp3) is 0.700. The van der Waals surface area contributed by atoms with Crippen molar-refractivity contribution in [1.82, 2.24) is 5.32 Å². The van der Waals surface area contributed by atoms with E-state index in [1.54, 1.807) is 13.8 Å². The zero-order valence-electron chi connectivity index (χ0n) is 9.93. The van der Waals surface area contributed by atoms with E-state index in [9.17, 15) is 14.4 Å². The van der Waals surface area contributed by atoms with Crippen LogP contribution in [-0.2, 0) is 14.4 Å². The fourth-order valence-electron chi connectivity index (χ4n) is 1.10. The lowest BCUT2D eigenvalue weighted by Gasteiger charge is -2.17. The number of aliphatic carboxylic acids is 1. The zero-order valence-corrected chi connectivity index (χ0v) is 10.8. The topological polar surface area (TPSA) is 109 Å². The van der Waals surface area contributed by atoms with Gasteiger partial charge in [0.15, 0.2) is 0 Å². The Balaban J connectivity index is 3.91. The van der Waals surface area contributed by atoms with Crippen LogP contribution in [0.5, 0.6) is 0 Å². The molecule has 0 aliphatic rings. The maximum absolute atomic E-state index is 11.4. The molecule has 0 radical (unpaired) electrons. The third-order valence-electron chi connectivity index (χ3n) is 1.97. The third-order valence-corrected chi connectivity index (χ3v) is 2.95. The number of amides is 2. The van der Waals surface area contributed by atoms with E-state index in [2.05, 4.69) is 5.32 Å². The Kier molecular flexibility index (Phi) is 7.36. The predicted octanol–water partition coefficient (Wildman–Crippen LogP) is -0.180. The van der Waals surface area contributed by atoms with Crippen LogP contribution in [0.3, 0.4) is 0 Å². The Labute approximate surface area is 104 Å². The number of primary amides is 1. The standard InChI is InChI=1S/C10H18N2O4S/c1-6(2)9(10(15)16)12-8(14)3-4-17-5-7(11)13/h6,9H,3-5H2,1-2H3,(H2,11,13)(H,12,14)(H,15,16). The molecule has 0 saturated carbocycles. The second-order valence-corrected chi connectivity index (χ2v) is 5.00. The Morgan fingerprint density at radius 1 is 1.35 bits per heavy atom. The van der Waals surface area contributed by atoms with Crippen molar-refractivity contribution in [2.45, 2.75) is 26.3 Å². The lowest BCUT2D eigenvalue weighted by Crippen LogP contribution is -2.44. The summed E-state index contributed by atoms with van der Waals surface area (Å²) in [5.74, 6) is -1.36. The smallest absolute Gasteiger partial charge is 0.326 e. The van der Waals surface area contributed by atoms with Crippen molar-refractivity contribution >= 4 is 29.5 Å². The van der Waals surface area contributed by atoms with Gasteiger partial charge in [-0.05, 0) is 5.92 Å². The Morgan fingerprint density at radius 2 is 1.94 bits per heavy atom. The van der Waals surface area contributed by atoms with E-state index in [0.29, 0.717) is 5.75 Å². The summed E-state index contributed by atoms with van der Waals surface area (Å²) in [5.41, 5.74) is 4.93. The number of carbonyl (C=O) groups is 3. The molecule has 0 spiro atoms. The van der Waals surface area contributed by atoms with Gasteiger partial charge in [-0.25, -0.2) is 4.79 Å². The minimum Gasteiger partial charge on any atom is -0.480 e. The molecule has 0 heterocycles.